The van der Waals surface area contributed by atoms with Crippen molar-refractivity contribution in [3.05, 3.63) is 35.7 Å². The quantitative estimate of drug-likeness (QED) is 0.797. The molecule has 0 N–H and O–H groups in total. The zero-order valence-electron chi connectivity index (χ0n) is 11.3. The van der Waals surface area contributed by atoms with Crippen molar-refractivity contribution in [1.29, 1.82) is 0 Å². The molecule has 0 bridgehead atoms. The van der Waals surface area contributed by atoms with E-state index < -0.39 is 0 Å². The highest BCUT2D eigenvalue weighted by molar-refractivity contribution is 5.54. The van der Waals surface area contributed by atoms with Gasteiger partial charge >= 0.3 is 0 Å². The minimum atomic E-state index is 0.598. The summed E-state index contributed by atoms with van der Waals surface area (Å²) in [6.45, 7) is 6.49. The first-order valence-electron chi connectivity index (χ1n) is 6.58. The van der Waals surface area contributed by atoms with Crippen LogP contribution in [0.2, 0.25) is 0 Å². The molecule has 0 saturated carbocycles. The Morgan fingerprint density at radius 3 is 2.61 bits per heavy atom. The number of rotatable bonds is 5. The maximum Gasteiger partial charge on any atom is 0.227 e. The third-order valence-corrected chi connectivity index (χ3v) is 3.08. The fraction of sp³-hybridized carbons (Fsp3) is 0.467. The summed E-state index contributed by atoms with van der Waals surface area (Å²) in [6.07, 6.45) is 3.26. The first kappa shape index (κ1) is 12.8. The first-order valence-corrected chi connectivity index (χ1v) is 6.58. The Kier molecular flexibility index (Phi) is 4.13. The van der Waals surface area contributed by atoms with Crippen LogP contribution in [0, 0.1) is 12.8 Å². The van der Waals surface area contributed by atoms with Gasteiger partial charge in [-0.15, -0.1) is 0 Å². The third-order valence-electron chi connectivity index (χ3n) is 3.08. The molecule has 1 aromatic carbocycles. The van der Waals surface area contributed by atoms with Gasteiger partial charge < -0.3 is 4.52 Å². The van der Waals surface area contributed by atoms with Crippen LogP contribution in [0.1, 0.15) is 38.1 Å². The van der Waals surface area contributed by atoms with E-state index in [4.69, 9.17) is 4.52 Å². The average Bonchev–Trinajstić information content (AvgIpc) is 2.78. The molecule has 0 spiro atoms. The van der Waals surface area contributed by atoms with Gasteiger partial charge in [0.2, 0.25) is 11.7 Å². The zero-order chi connectivity index (χ0) is 13.0. The Hall–Kier alpha value is -1.64. The number of nitrogens with zero attached hydrogens (tertiary/aromatic N) is 2. The van der Waals surface area contributed by atoms with Crippen molar-refractivity contribution in [3.63, 3.8) is 0 Å². The monoisotopic (exact) mass is 244 g/mol. The summed E-state index contributed by atoms with van der Waals surface area (Å²) in [5.74, 6) is 2.03. The van der Waals surface area contributed by atoms with E-state index >= 15 is 0 Å². The Labute approximate surface area is 108 Å². The van der Waals surface area contributed by atoms with Crippen LogP contribution >= 0.6 is 0 Å². The van der Waals surface area contributed by atoms with Gasteiger partial charge in [0.05, 0.1) is 0 Å². The van der Waals surface area contributed by atoms with Gasteiger partial charge in [-0.3, -0.25) is 0 Å². The van der Waals surface area contributed by atoms with Crippen LogP contribution in [-0.2, 0) is 6.42 Å². The molecule has 0 aliphatic carbocycles. The molecule has 0 aliphatic rings. The van der Waals surface area contributed by atoms with Crippen LogP contribution in [0.5, 0.6) is 0 Å². The topological polar surface area (TPSA) is 38.9 Å². The molecule has 2 rings (SSSR count). The van der Waals surface area contributed by atoms with Crippen molar-refractivity contribution < 1.29 is 4.52 Å². The molecule has 3 nitrogen and oxygen atoms in total. The van der Waals surface area contributed by atoms with Crippen LogP contribution in [0.15, 0.2) is 28.8 Å². The summed E-state index contributed by atoms with van der Waals surface area (Å²) in [5.41, 5.74) is 2.25. The van der Waals surface area contributed by atoms with Gasteiger partial charge in [-0.05, 0) is 12.8 Å². The van der Waals surface area contributed by atoms with Crippen molar-refractivity contribution >= 4 is 0 Å². The highest BCUT2D eigenvalue weighted by Crippen LogP contribution is 2.18. The van der Waals surface area contributed by atoms with E-state index in [9.17, 15) is 0 Å². The predicted octanol–water partition coefficient (Wildman–Crippen LogP) is 4.02. The SMILES string of the molecule is CCC[C@H](C)Cc1nc(-c2ccc(C)cc2)no1. The Bertz CT molecular complexity index is 487. The van der Waals surface area contributed by atoms with E-state index in [1.54, 1.807) is 0 Å². The fourth-order valence-corrected chi connectivity index (χ4v) is 2.05. The molecule has 1 aromatic heterocycles. The minimum Gasteiger partial charge on any atom is -0.339 e. The lowest BCUT2D eigenvalue weighted by Crippen LogP contribution is -1.99. The summed E-state index contributed by atoms with van der Waals surface area (Å²) in [7, 11) is 0. The number of hydrogen-bond donors (Lipinski definition) is 0. The van der Waals surface area contributed by atoms with Crippen molar-refractivity contribution in [3.8, 4) is 11.4 Å². The van der Waals surface area contributed by atoms with E-state index in [1.165, 1.54) is 18.4 Å². The maximum atomic E-state index is 5.31. The summed E-state index contributed by atoms with van der Waals surface area (Å²) in [4.78, 5) is 4.45. The largest absolute Gasteiger partial charge is 0.339 e. The molecule has 0 fully saturated rings. The molecule has 3 heteroatoms. The van der Waals surface area contributed by atoms with Gasteiger partial charge in [-0.2, -0.15) is 4.98 Å². The van der Waals surface area contributed by atoms with Gasteiger partial charge in [-0.25, -0.2) is 0 Å². The predicted molar refractivity (Wildman–Crippen MR) is 72.2 cm³/mol. The molecular formula is C15H20N2O. The molecular weight excluding hydrogens is 224 g/mol. The van der Waals surface area contributed by atoms with E-state index in [-0.39, 0.29) is 0 Å². The van der Waals surface area contributed by atoms with Crippen LogP contribution in [0.25, 0.3) is 11.4 Å². The molecule has 18 heavy (non-hydrogen) atoms. The van der Waals surface area contributed by atoms with E-state index in [1.807, 2.05) is 12.1 Å². The lowest BCUT2D eigenvalue weighted by molar-refractivity contribution is 0.352. The second-order valence-corrected chi connectivity index (χ2v) is 4.98. The third kappa shape index (κ3) is 3.19. The standard InChI is InChI=1S/C15H20N2O/c1-4-5-12(3)10-14-16-15(17-18-14)13-8-6-11(2)7-9-13/h6-9,12H,4-5,10H2,1-3H3/t12-/m0/s1. The molecule has 0 radical (unpaired) electrons. The molecule has 0 amide bonds. The normalized spacial score (nSPS) is 12.6. The van der Waals surface area contributed by atoms with Gasteiger partial charge in [0.15, 0.2) is 0 Å². The van der Waals surface area contributed by atoms with Gasteiger partial charge in [-0.1, -0.05) is 61.7 Å². The van der Waals surface area contributed by atoms with Gasteiger partial charge in [0, 0.05) is 12.0 Å². The second kappa shape index (κ2) is 5.80. The Morgan fingerprint density at radius 1 is 1.22 bits per heavy atom. The molecule has 1 heterocycles. The molecule has 96 valence electrons. The Balaban J connectivity index is 2.08. The average molecular weight is 244 g/mol. The second-order valence-electron chi connectivity index (χ2n) is 4.98. The van der Waals surface area contributed by atoms with Crippen molar-refractivity contribution in [1.82, 2.24) is 10.1 Å². The van der Waals surface area contributed by atoms with Crippen LogP contribution in [0.3, 0.4) is 0 Å². The summed E-state index contributed by atoms with van der Waals surface area (Å²) in [5, 5.41) is 4.04. The van der Waals surface area contributed by atoms with Crippen molar-refractivity contribution in [2.45, 2.75) is 40.0 Å². The van der Waals surface area contributed by atoms with Crippen LogP contribution in [0.4, 0.5) is 0 Å². The lowest BCUT2D eigenvalue weighted by Gasteiger charge is -2.04. The van der Waals surface area contributed by atoms with Crippen molar-refractivity contribution in [2.24, 2.45) is 5.92 Å². The van der Waals surface area contributed by atoms with E-state index in [2.05, 4.69) is 43.0 Å². The number of benzene rings is 1. The van der Waals surface area contributed by atoms with Gasteiger partial charge in [0.1, 0.15) is 0 Å². The molecule has 0 aliphatic heterocycles. The Morgan fingerprint density at radius 2 is 1.94 bits per heavy atom. The van der Waals surface area contributed by atoms with E-state index in [0.29, 0.717) is 11.7 Å². The number of aromatic nitrogens is 2. The minimum absolute atomic E-state index is 0.598. The number of hydrogen-bond acceptors (Lipinski definition) is 3. The molecule has 2 aromatic rings. The van der Waals surface area contributed by atoms with Gasteiger partial charge in [0.25, 0.3) is 0 Å². The maximum absolute atomic E-state index is 5.31. The molecule has 0 saturated heterocycles. The summed E-state index contributed by atoms with van der Waals surface area (Å²) in [6, 6.07) is 8.18. The lowest BCUT2D eigenvalue weighted by atomic mass is 10.0. The summed E-state index contributed by atoms with van der Waals surface area (Å²) < 4.78 is 5.31. The molecule has 0 unspecified atom stereocenters. The highest BCUT2D eigenvalue weighted by atomic mass is 16.5. The summed E-state index contributed by atoms with van der Waals surface area (Å²) >= 11 is 0. The number of aryl methyl sites for hydroxylation is 1. The van der Waals surface area contributed by atoms with Crippen molar-refractivity contribution in [2.75, 3.05) is 0 Å². The van der Waals surface area contributed by atoms with Crippen LogP contribution in [-0.4, -0.2) is 10.1 Å². The first-order chi connectivity index (χ1) is 8.69. The fourth-order valence-electron chi connectivity index (χ4n) is 2.05. The van der Waals surface area contributed by atoms with E-state index in [0.717, 1.165) is 17.9 Å². The zero-order valence-corrected chi connectivity index (χ0v) is 11.3. The highest BCUT2D eigenvalue weighted by Gasteiger charge is 2.11. The smallest absolute Gasteiger partial charge is 0.227 e. The molecule has 1 atom stereocenters. The van der Waals surface area contributed by atoms with Crippen LogP contribution < -0.4 is 0 Å².